The number of hydrogen-bond acceptors (Lipinski definition) is 6. The molecule has 0 bridgehead atoms. The van der Waals surface area contributed by atoms with Gasteiger partial charge in [0.15, 0.2) is 5.12 Å². The molecule has 112 valence electrons. The molecule has 0 spiro atoms. The molecule has 1 heterocycles. The first-order valence-corrected chi connectivity index (χ1v) is 7.75. The Balaban J connectivity index is 2.11. The van der Waals surface area contributed by atoms with Crippen LogP contribution >= 0.6 is 23.4 Å². The van der Waals surface area contributed by atoms with E-state index in [1.54, 1.807) is 18.2 Å². The van der Waals surface area contributed by atoms with E-state index in [-0.39, 0.29) is 5.12 Å². The zero-order valence-electron chi connectivity index (χ0n) is 11.4. The molecule has 0 amide bonds. The summed E-state index contributed by atoms with van der Waals surface area (Å²) >= 11 is 7.08. The maximum Gasteiger partial charge on any atom is 0.185 e. The lowest BCUT2D eigenvalue weighted by molar-refractivity contribution is -0.109. The van der Waals surface area contributed by atoms with E-state index in [0.717, 1.165) is 11.8 Å². The van der Waals surface area contributed by atoms with Crippen LogP contribution in [0.15, 0.2) is 24.5 Å². The third-order valence-corrected chi connectivity index (χ3v) is 4.18. The van der Waals surface area contributed by atoms with Gasteiger partial charge in [0.1, 0.15) is 17.6 Å². The van der Waals surface area contributed by atoms with Crippen LogP contribution in [0.1, 0.15) is 25.0 Å². The molecule has 2 rings (SSSR count). The second kappa shape index (κ2) is 7.17. The average Bonchev–Trinajstić information content (AvgIpc) is 2.46. The summed E-state index contributed by atoms with van der Waals surface area (Å²) in [6.07, 6.45) is -0.295. The van der Waals surface area contributed by atoms with Crippen LogP contribution < -0.4 is 0 Å². The molecule has 0 fully saturated rings. The van der Waals surface area contributed by atoms with Crippen molar-refractivity contribution in [3.8, 4) is 0 Å². The fourth-order valence-electron chi connectivity index (χ4n) is 1.93. The van der Waals surface area contributed by atoms with Crippen LogP contribution in [0.5, 0.6) is 0 Å². The van der Waals surface area contributed by atoms with Crippen molar-refractivity contribution in [2.45, 2.75) is 25.6 Å². The van der Waals surface area contributed by atoms with Crippen molar-refractivity contribution in [1.29, 1.82) is 0 Å². The molecule has 0 aliphatic rings. The van der Waals surface area contributed by atoms with Crippen molar-refractivity contribution in [2.24, 2.45) is 0 Å². The number of fused-ring (bicyclic) bond motifs is 1. The second-order valence-corrected chi connectivity index (χ2v) is 6.21. The maximum atomic E-state index is 10.8. The molecule has 5 nitrogen and oxygen atoms in total. The fraction of sp³-hybridized carbons (Fsp3) is 0.357. The van der Waals surface area contributed by atoms with E-state index in [2.05, 4.69) is 9.97 Å². The van der Waals surface area contributed by atoms with E-state index in [9.17, 15) is 15.0 Å². The van der Waals surface area contributed by atoms with Gasteiger partial charge in [0.2, 0.25) is 0 Å². The molecule has 0 aliphatic heterocycles. The summed E-state index contributed by atoms with van der Waals surface area (Å²) in [6.45, 7) is 1.47. The van der Waals surface area contributed by atoms with Gasteiger partial charge in [0.05, 0.1) is 11.6 Å². The molecular weight excluding hydrogens is 312 g/mol. The number of aromatic nitrogens is 2. The highest BCUT2D eigenvalue weighted by molar-refractivity contribution is 8.13. The van der Waals surface area contributed by atoms with Gasteiger partial charge in [-0.15, -0.1) is 0 Å². The number of rotatable bonds is 5. The highest BCUT2D eigenvalue weighted by Gasteiger charge is 2.19. The van der Waals surface area contributed by atoms with Crippen molar-refractivity contribution in [2.75, 3.05) is 5.75 Å². The van der Waals surface area contributed by atoms with E-state index in [1.807, 2.05) is 0 Å². The van der Waals surface area contributed by atoms with Gasteiger partial charge in [-0.2, -0.15) is 0 Å². The summed E-state index contributed by atoms with van der Waals surface area (Å²) in [4.78, 5) is 18.8. The third-order valence-electron chi connectivity index (χ3n) is 3.04. The Morgan fingerprint density at radius 2 is 2.14 bits per heavy atom. The van der Waals surface area contributed by atoms with Crippen molar-refractivity contribution < 1.29 is 15.0 Å². The summed E-state index contributed by atoms with van der Waals surface area (Å²) in [5.41, 5.74) is 1.16. The first-order chi connectivity index (χ1) is 9.99. The van der Waals surface area contributed by atoms with Crippen molar-refractivity contribution >= 4 is 39.4 Å². The number of aliphatic hydroxyl groups is 2. The largest absolute Gasteiger partial charge is 0.390 e. The van der Waals surface area contributed by atoms with Crippen molar-refractivity contribution in [1.82, 2.24) is 9.97 Å². The Bertz CT molecular complexity index is 653. The normalized spacial score (nSPS) is 14.1. The smallest absolute Gasteiger partial charge is 0.185 e. The van der Waals surface area contributed by atoms with Crippen LogP contribution in [0.4, 0.5) is 0 Å². The predicted octanol–water partition coefficient (Wildman–Crippen LogP) is 2.35. The zero-order chi connectivity index (χ0) is 15.4. The van der Waals surface area contributed by atoms with Gasteiger partial charge in [-0.1, -0.05) is 29.4 Å². The predicted molar refractivity (Wildman–Crippen MR) is 83.3 cm³/mol. The van der Waals surface area contributed by atoms with E-state index < -0.39 is 12.2 Å². The monoisotopic (exact) mass is 326 g/mol. The highest BCUT2D eigenvalue weighted by atomic mass is 35.5. The zero-order valence-corrected chi connectivity index (χ0v) is 12.9. The van der Waals surface area contributed by atoms with E-state index in [1.165, 1.54) is 13.3 Å². The molecule has 2 unspecified atom stereocenters. The Morgan fingerprint density at radius 3 is 2.86 bits per heavy atom. The van der Waals surface area contributed by atoms with Gasteiger partial charge in [-0.05, 0) is 24.1 Å². The molecule has 2 N–H and O–H groups in total. The first kappa shape index (κ1) is 16.2. The number of carbonyl (C=O) groups is 1. The number of nitrogens with zero attached hydrogens (tertiary/aromatic N) is 2. The number of halogens is 1. The van der Waals surface area contributed by atoms with Crippen LogP contribution in [-0.4, -0.2) is 37.2 Å². The van der Waals surface area contributed by atoms with Gasteiger partial charge in [0, 0.05) is 18.1 Å². The number of thioether (sulfide) groups is 1. The quantitative estimate of drug-likeness (QED) is 0.821. The van der Waals surface area contributed by atoms with Gasteiger partial charge >= 0.3 is 0 Å². The van der Waals surface area contributed by atoms with Gasteiger partial charge in [-0.25, -0.2) is 9.97 Å². The minimum absolute atomic E-state index is 0.00580. The van der Waals surface area contributed by atoms with Crippen molar-refractivity contribution in [3.05, 3.63) is 35.2 Å². The molecule has 0 saturated heterocycles. The van der Waals surface area contributed by atoms with Crippen LogP contribution in [0.3, 0.4) is 0 Å². The van der Waals surface area contributed by atoms with Gasteiger partial charge < -0.3 is 10.2 Å². The summed E-state index contributed by atoms with van der Waals surface area (Å²) < 4.78 is 0. The highest BCUT2D eigenvalue weighted by Crippen LogP contribution is 2.26. The van der Waals surface area contributed by atoms with Gasteiger partial charge in [0.25, 0.3) is 0 Å². The molecule has 1 aromatic carbocycles. The molecule has 0 saturated carbocycles. The maximum absolute atomic E-state index is 10.8. The lowest BCUT2D eigenvalue weighted by atomic mass is 10.0. The minimum atomic E-state index is -1.03. The summed E-state index contributed by atoms with van der Waals surface area (Å²) in [6, 6.07) is 5.08. The SMILES string of the molecule is CC(=O)SCCC(O)C(O)c1ccc2c(Cl)ncnc2c1. The first-order valence-electron chi connectivity index (χ1n) is 6.38. The second-order valence-electron chi connectivity index (χ2n) is 4.58. The molecule has 21 heavy (non-hydrogen) atoms. The minimum Gasteiger partial charge on any atom is -0.390 e. The van der Waals surface area contributed by atoms with Crippen molar-refractivity contribution in [3.63, 3.8) is 0 Å². The Labute approximate surface area is 131 Å². The van der Waals surface area contributed by atoms with Crippen LogP contribution in [0, 0.1) is 0 Å². The summed E-state index contributed by atoms with van der Waals surface area (Å²) in [5, 5.41) is 21.2. The standard InChI is InChI=1S/C14H15ClN2O3S/c1-8(18)21-5-4-12(19)13(20)9-2-3-10-11(6-9)16-7-17-14(10)15/h2-3,6-7,12-13,19-20H,4-5H2,1H3. The van der Waals surface area contributed by atoms with E-state index >= 15 is 0 Å². The summed E-state index contributed by atoms with van der Waals surface area (Å²) in [7, 11) is 0. The fourth-order valence-corrected chi connectivity index (χ4v) is 2.78. The topological polar surface area (TPSA) is 83.3 Å². The number of carbonyl (C=O) groups excluding carboxylic acids is 1. The van der Waals surface area contributed by atoms with Crippen LogP contribution in [0.2, 0.25) is 5.15 Å². The Kier molecular flexibility index (Phi) is 5.52. The summed E-state index contributed by atoms with van der Waals surface area (Å²) in [5.74, 6) is 0.467. The molecule has 1 aromatic heterocycles. The molecule has 2 aromatic rings. The van der Waals surface area contributed by atoms with E-state index in [0.29, 0.717) is 33.8 Å². The van der Waals surface area contributed by atoms with Gasteiger partial charge in [-0.3, -0.25) is 4.79 Å². The number of benzene rings is 1. The number of aliphatic hydroxyl groups excluding tert-OH is 2. The lowest BCUT2D eigenvalue weighted by Gasteiger charge is -2.18. The molecule has 0 radical (unpaired) electrons. The molecular formula is C14H15ClN2O3S. The average molecular weight is 327 g/mol. The van der Waals surface area contributed by atoms with Crippen LogP contribution in [0.25, 0.3) is 10.9 Å². The Morgan fingerprint density at radius 1 is 1.38 bits per heavy atom. The Hall–Kier alpha value is -1.21. The molecule has 2 atom stereocenters. The van der Waals surface area contributed by atoms with Crippen LogP contribution in [-0.2, 0) is 4.79 Å². The lowest BCUT2D eigenvalue weighted by Crippen LogP contribution is -2.19. The molecule has 0 aliphatic carbocycles. The van der Waals surface area contributed by atoms with E-state index in [4.69, 9.17) is 11.6 Å². The molecule has 7 heteroatoms. The third kappa shape index (κ3) is 4.14. The number of hydrogen-bond donors (Lipinski definition) is 2.